The fourth-order valence-corrected chi connectivity index (χ4v) is 1.64. The van der Waals surface area contributed by atoms with Crippen molar-refractivity contribution < 1.29 is 14.3 Å². The fourth-order valence-electron chi connectivity index (χ4n) is 1.64. The van der Waals surface area contributed by atoms with E-state index in [2.05, 4.69) is 4.98 Å². The van der Waals surface area contributed by atoms with E-state index in [0.717, 1.165) is 17.8 Å². The molecule has 4 nitrogen and oxygen atoms in total. The van der Waals surface area contributed by atoms with Crippen LogP contribution in [0.2, 0.25) is 0 Å². The summed E-state index contributed by atoms with van der Waals surface area (Å²) in [5.41, 5.74) is 1.82. The summed E-state index contributed by atoms with van der Waals surface area (Å²) in [6.45, 7) is 8.00. The molecule has 0 N–H and O–H groups in total. The number of aromatic nitrogens is 1. The number of ether oxygens (including phenoxy) is 2. The smallest absolute Gasteiger partial charge is 0.347 e. The van der Waals surface area contributed by atoms with Crippen LogP contribution in [0.15, 0.2) is 12.1 Å². The molecule has 0 aliphatic carbocycles. The standard InChI is InChI=1S/C14H21NO3/c1-5-11-13(9-8-10(4)15-11)18-12(6-2)14(16)17-7-3/h8-9,12H,5-7H2,1-4H3. The van der Waals surface area contributed by atoms with Crippen molar-refractivity contribution in [2.75, 3.05) is 6.61 Å². The van der Waals surface area contributed by atoms with E-state index in [9.17, 15) is 4.79 Å². The molecule has 4 heteroatoms. The van der Waals surface area contributed by atoms with Crippen molar-refractivity contribution >= 4 is 5.97 Å². The van der Waals surface area contributed by atoms with Crippen LogP contribution in [0.3, 0.4) is 0 Å². The van der Waals surface area contributed by atoms with Crippen LogP contribution < -0.4 is 4.74 Å². The molecule has 0 amide bonds. The Labute approximate surface area is 108 Å². The molecule has 18 heavy (non-hydrogen) atoms. The quantitative estimate of drug-likeness (QED) is 0.729. The number of nitrogens with zero attached hydrogens (tertiary/aromatic N) is 1. The van der Waals surface area contributed by atoms with Gasteiger partial charge in [-0.3, -0.25) is 4.98 Å². The summed E-state index contributed by atoms with van der Waals surface area (Å²) in [6.07, 6.45) is 0.798. The highest BCUT2D eigenvalue weighted by Crippen LogP contribution is 2.20. The molecule has 0 bridgehead atoms. The highest BCUT2D eigenvalue weighted by molar-refractivity contribution is 5.75. The van der Waals surface area contributed by atoms with E-state index >= 15 is 0 Å². The Morgan fingerprint density at radius 3 is 2.61 bits per heavy atom. The van der Waals surface area contributed by atoms with E-state index in [1.807, 2.05) is 32.9 Å². The van der Waals surface area contributed by atoms with Crippen LogP contribution in [0.4, 0.5) is 0 Å². The van der Waals surface area contributed by atoms with E-state index in [0.29, 0.717) is 18.8 Å². The maximum Gasteiger partial charge on any atom is 0.347 e. The zero-order valence-electron chi connectivity index (χ0n) is 11.5. The molecule has 1 heterocycles. The molecule has 1 rings (SSSR count). The second kappa shape index (κ2) is 6.99. The van der Waals surface area contributed by atoms with E-state index in [4.69, 9.17) is 9.47 Å². The Morgan fingerprint density at radius 1 is 1.33 bits per heavy atom. The summed E-state index contributed by atoms with van der Waals surface area (Å²) in [7, 11) is 0. The molecule has 0 spiro atoms. The highest BCUT2D eigenvalue weighted by atomic mass is 16.6. The Bertz CT molecular complexity index is 404. The molecule has 0 saturated carbocycles. The van der Waals surface area contributed by atoms with Crippen molar-refractivity contribution in [3.05, 3.63) is 23.5 Å². The summed E-state index contributed by atoms with van der Waals surface area (Å²) in [5, 5.41) is 0. The first-order chi connectivity index (χ1) is 8.62. The molecular weight excluding hydrogens is 230 g/mol. The summed E-state index contributed by atoms with van der Waals surface area (Å²) in [5.74, 6) is 0.352. The number of carbonyl (C=O) groups is 1. The summed E-state index contributed by atoms with van der Waals surface area (Å²) < 4.78 is 10.7. The molecule has 1 aromatic heterocycles. The number of hydrogen-bond acceptors (Lipinski definition) is 4. The molecule has 0 aliphatic heterocycles. The van der Waals surface area contributed by atoms with Crippen molar-refractivity contribution in [1.29, 1.82) is 0 Å². The number of rotatable bonds is 6. The molecule has 1 unspecified atom stereocenters. The third-order valence-corrected chi connectivity index (χ3v) is 2.60. The molecule has 0 fully saturated rings. The SMILES string of the molecule is CCOC(=O)C(CC)Oc1ccc(C)nc1CC. The zero-order chi connectivity index (χ0) is 13.5. The predicted molar refractivity (Wildman–Crippen MR) is 69.7 cm³/mol. The molecule has 0 saturated heterocycles. The van der Waals surface area contributed by atoms with Gasteiger partial charge in [-0.1, -0.05) is 13.8 Å². The molecule has 0 radical (unpaired) electrons. The van der Waals surface area contributed by atoms with Gasteiger partial charge in [0.05, 0.1) is 12.3 Å². The van der Waals surface area contributed by atoms with Gasteiger partial charge in [-0.25, -0.2) is 4.79 Å². The van der Waals surface area contributed by atoms with Gasteiger partial charge in [-0.05, 0) is 38.8 Å². The van der Waals surface area contributed by atoms with E-state index in [1.165, 1.54) is 0 Å². The number of carbonyl (C=O) groups excluding carboxylic acids is 1. The summed E-state index contributed by atoms with van der Waals surface area (Å²) >= 11 is 0. The van der Waals surface area contributed by atoms with Crippen LogP contribution in [0.1, 0.15) is 38.6 Å². The average molecular weight is 251 g/mol. The monoisotopic (exact) mass is 251 g/mol. The Morgan fingerprint density at radius 2 is 2.06 bits per heavy atom. The minimum Gasteiger partial charge on any atom is -0.477 e. The second-order valence-corrected chi connectivity index (χ2v) is 4.02. The summed E-state index contributed by atoms with van der Waals surface area (Å²) in [4.78, 5) is 16.1. The van der Waals surface area contributed by atoms with Crippen LogP contribution in [0, 0.1) is 6.92 Å². The topological polar surface area (TPSA) is 48.4 Å². The molecule has 1 atom stereocenters. The molecule has 0 aliphatic rings. The van der Waals surface area contributed by atoms with Gasteiger partial charge in [0.2, 0.25) is 0 Å². The van der Waals surface area contributed by atoms with Crippen molar-refractivity contribution in [2.24, 2.45) is 0 Å². The number of aryl methyl sites for hydroxylation is 2. The number of hydrogen-bond donors (Lipinski definition) is 0. The zero-order valence-corrected chi connectivity index (χ0v) is 11.5. The minimum atomic E-state index is -0.556. The first-order valence-electron chi connectivity index (χ1n) is 6.42. The van der Waals surface area contributed by atoms with Crippen LogP contribution in [-0.2, 0) is 16.0 Å². The van der Waals surface area contributed by atoms with Crippen molar-refractivity contribution in [2.45, 2.75) is 46.6 Å². The molecule has 1 aromatic rings. The Kier molecular flexibility index (Phi) is 5.62. The maximum atomic E-state index is 11.7. The van der Waals surface area contributed by atoms with Gasteiger partial charge < -0.3 is 9.47 Å². The first kappa shape index (κ1) is 14.5. The molecular formula is C14H21NO3. The van der Waals surface area contributed by atoms with E-state index < -0.39 is 6.10 Å². The van der Waals surface area contributed by atoms with Crippen LogP contribution >= 0.6 is 0 Å². The third kappa shape index (κ3) is 3.72. The van der Waals surface area contributed by atoms with Gasteiger partial charge in [0.25, 0.3) is 0 Å². The fraction of sp³-hybridized carbons (Fsp3) is 0.571. The van der Waals surface area contributed by atoms with Gasteiger partial charge >= 0.3 is 5.97 Å². The van der Waals surface area contributed by atoms with Gasteiger partial charge in [0, 0.05) is 5.69 Å². The van der Waals surface area contributed by atoms with Crippen LogP contribution in [0.5, 0.6) is 5.75 Å². The van der Waals surface area contributed by atoms with Gasteiger partial charge in [0.15, 0.2) is 6.10 Å². The van der Waals surface area contributed by atoms with E-state index in [1.54, 1.807) is 6.92 Å². The van der Waals surface area contributed by atoms with Crippen molar-refractivity contribution in [1.82, 2.24) is 4.98 Å². The van der Waals surface area contributed by atoms with Gasteiger partial charge in [-0.15, -0.1) is 0 Å². The molecule has 0 aromatic carbocycles. The van der Waals surface area contributed by atoms with Crippen LogP contribution in [-0.4, -0.2) is 23.7 Å². The maximum absolute atomic E-state index is 11.7. The third-order valence-electron chi connectivity index (χ3n) is 2.60. The van der Waals surface area contributed by atoms with Crippen LogP contribution in [0.25, 0.3) is 0 Å². The van der Waals surface area contributed by atoms with Gasteiger partial charge in [0.1, 0.15) is 5.75 Å². The normalized spacial score (nSPS) is 12.0. The summed E-state index contributed by atoms with van der Waals surface area (Å²) in [6, 6.07) is 3.75. The number of pyridine rings is 1. The highest BCUT2D eigenvalue weighted by Gasteiger charge is 2.20. The Hall–Kier alpha value is -1.58. The second-order valence-electron chi connectivity index (χ2n) is 4.02. The lowest BCUT2D eigenvalue weighted by molar-refractivity contribution is -0.151. The lowest BCUT2D eigenvalue weighted by Crippen LogP contribution is -2.29. The minimum absolute atomic E-state index is 0.317. The van der Waals surface area contributed by atoms with Crippen molar-refractivity contribution in [3.8, 4) is 5.75 Å². The average Bonchev–Trinajstić information content (AvgIpc) is 2.37. The first-order valence-corrected chi connectivity index (χ1v) is 6.42. The largest absolute Gasteiger partial charge is 0.477 e. The lowest BCUT2D eigenvalue weighted by atomic mass is 10.2. The van der Waals surface area contributed by atoms with Crippen molar-refractivity contribution in [3.63, 3.8) is 0 Å². The lowest BCUT2D eigenvalue weighted by Gasteiger charge is -2.17. The Balaban J connectivity index is 2.84. The molecule has 100 valence electrons. The van der Waals surface area contributed by atoms with Gasteiger partial charge in [-0.2, -0.15) is 0 Å². The predicted octanol–water partition coefficient (Wildman–Crippen LogP) is 2.67. The number of esters is 1. The van der Waals surface area contributed by atoms with E-state index in [-0.39, 0.29) is 5.97 Å².